The van der Waals surface area contributed by atoms with Crippen LogP contribution in [0.4, 0.5) is 0 Å². The summed E-state index contributed by atoms with van der Waals surface area (Å²) in [5.41, 5.74) is 0.887. The Morgan fingerprint density at radius 1 is 1.52 bits per heavy atom. The van der Waals surface area contributed by atoms with E-state index in [-0.39, 0.29) is 10.8 Å². The van der Waals surface area contributed by atoms with Crippen LogP contribution >= 0.6 is 22.7 Å². The number of aliphatic carboxylic acids is 1. The zero-order chi connectivity index (χ0) is 14.8. The van der Waals surface area contributed by atoms with Gasteiger partial charge in [0.15, 0.2) is 0 Å². The number of carbonyl (C=O) groups is 1. The number of thiophene rings is 1. The second kappa shape index (κ2) is 6.13. The third kappa shape index (κ3) is 3.25. The van der Waals surface area contributed by atoms with Crippen LogP contribution in [0, 0.1) is 5.92 Å². The topological polar surface area (TPSA) is 73.4 Å². The van der Waals surface area contributed by atoms with Crippen LogP contribution in [-0.2, 0) is 11.3 Å². The van der Waals surface area contributed by atoms with E-state index in [0.29, 0.717) is 13.1 Å². The SMILES string of the molecule is O=C(O)C1CCCN(Cc2sc(=O)[nH]c2-c2cccs2)C1. The second-order valence-electron chi connectivity index (χ2n) is 5.20. The summed E-state index contributed by atoms with van der Waals surface area (Å²) >= 11 is 2.82. The molecule has 0 bridgehead atoms. The molecule has 1 saturated heterocycles. The summed E-state index contributed by atoms with van der Waals surface area (Å²) in [6.07, 6.45) is 1.64. The van der Waals surface area contributed by atoms with Gasteiger partial charge in [0.25, 0.3) is 0 Å². The lowest BCUT2D eigenvalue weighted by Crippen LogP contribution is -2.38. The molecular weight excluding hydrogens is 308 g/mol. The molecular formula is C14H16N2O3S2. The molecule has 1 aliphatic heterocycles. The molecule has 0 aromatic carbocycles. The van der Waals surface area contributed by atoms with Gasteiger partial charge in [-0.3, -0.25) is 14.5 Å². The molecule has 2 N–H and O–H groups in total. The molecule has 7 heteroatoms. The fraction of sp³-hybridized carbons (Fsp3) is 0.429. The lowest BCUT2D eigenvalue weighted by atomic mass is 9.98. The van der Waals surface area contributed by atoms with Crippen LogP contribution in [0.5, 0.6) is 0 Å². The van der Waals surface area contributed by atoms with Crippen LogP contribution in [0.25, 0.3) is 10.6 Å². The number of piperidine rings is 1. The quantitative estimate of drug-likeness (QED) is 0.906. The molecule has 2 aromatic heterocycles. The number of aromatic amines is 1. The molecule has 5 nitrogen and oxygen atoms in total. The van der Waals surface area contributed by atoms with Crippen LogP contribution in [0.3, 0.4) is 0 Å². The fourth-order valence-electron chi connectivity index (χ4n) is 2.70. The first-order valence-corrected chi connectivity index (χ1v) is 8.54. The molecule has 2 aromatic rings. The van der Waals surface area contributed by atoms with Gasteiger partial charge >= 0.3 is 10.8 Å². The summed E-state index contributed by atoms with van der Waals surface area (Å²) in [5.74, 6) is -1.01. The van der Waals surface area contributed by atoms with Gasteiger partial charge < -0.3 is 10.1 Å². The molecule has 3 heterocycles. The van der Waals surface area contributed by atoms with Crippen molar-refractivity contribution in [3.8, 4) is 10.6 Å². The molecule has 21 heavy (non-hydrogen) atoms. The van der Waals surface area contributed by atoms with Gasteiger partial charge in [0.1, 0.15) is 0 Å². The molecule has 1 unspecified atom stereocenters. The molecule has 1 atom stereocenters. The predicted molar refractivity (Wildman–Crippen MR) is 83.9 cm³/mol. The van der Waals surface area contributed by atoms with Crippen molar-refractivity contribution < 1.29 is 9.90 Å². The van der Waals surface area contributed by atoms with E-state index in [4.69, 9.17) is 5.11 Å². The van der Waals surface area contributed by atoms with Gasteiger partial charge in [-0.1, -0.05) is 17.4 Å². The minimum atomic E-state index is -0.722. The highest BCUT2D eigenvalue weighted by Crippen LogP contribution is 2.29. The molecule has 0 saturated carbocycles. The number of likely N-dealkylation sites (tertiary alicyclic amines) is 1. The molecule has 0 amide bonds. The van der Waals surface area contributed by atoms with Crippen molar-refractivity contribution in [2.24, 2.45) is 5.92 Å². The third-order valence-electron chi connectivity index (χ3n) is 3.71. The number of nitrogens with one attached hydrogen (secondary N) is 1. The highest BCUT2D eigenvalue weighted by atomic mass is 32.1. The smallest absolute Gasteiger partial charge is 0.307 e. The number of hydrogen-bond acceptors (Lipinski definition) is 5. The van der Waals surface area contributed by atoms with Crippen molar-refractivity contribution >= 4 is 28.6 Å². The number of rotatable bonds is 4. The Hall–Kier alpha value is -1.44. The average molecular weight is 324 g/mol. The van der Waals surface area contributed by atoms with Crippen molar-refractivity contribution in [1.29, 1.82) is 0 Å². The monoisotopic (exact) mass is 324 g/mol. The van der Waals surface area contributed by atoms with E-state index < -0.39 is 5.97 Å². The zero-order valence-corrected chi connectivity index (χ0v) is 13.0. The molecule has 112 valence electrons. The predicted octanol–water partition coefficient (Wildman–Crippen LogP) is 2.46. The molecule has 1 aliphatic rings. The largest absolute Gasteiger partial charge is 0.481 e. The summed E-state index contributed by atoms with van der Waals surface area (Å²) in [5, 5.41) is 11.1. The van der Waals surface area contributed by atoms with Gasteiger partial charge in [0, 0.05) is 18.0 Å². The first kappa shape index (κ1) is 14.5. The maximum atomic E-state index is 11.7. The summed E-state index contributed by atoms with van der Waals surface area (Å²) < 4.78 is 0. The Morgan fingerprint density at radius 2 is 2.38 bits per heavy atom. The summed E-state index contributed by atoms with van der Waals surface area (Å²) in [7, 11) is 0. The van der Waals surface area contributed by atoms with Gasteiger partial charge in [0.05, 0.1) is 16.5 Å². The van der Waals surface area contributed by atoms with Crippen molar-refractivity contribution in [2.45, 2.75) is 19.4 Å². The molecule has 0 spiro atoms. The van der Waals surface area contributed by atoms with Gasteiger partial charge in [-0.25, -0.2) is 0 Å². The van der Waals surface area contributed by atoms with E-state index in [9.17, 15) is 9.59 Å². The van der Waals surface area contributed by atoms with Gasteiger partial charge in [-0.05, 0) is 30.8 Å². The van der Waals surface area contributed by atoms with Crippen molar-refractivity contribution in [3.63, 3.8) is 0 Å². The molecule has 0 radical (unpaired) electrons. The number of hydrogen-bond donors (Lipinski definition) is 2. The Labute approximate surface area is 129 Å². The van der Waals surface area contributed by atoms with E-state index >= 15 is 0 Å². The number of aromatic nitrogens is 1. The van der Waals surface area contributed by atoms with Crippen molar-refractivity contribution in [2.75, 3.05) is 13.1 Å². The van der Waals surface area contributed by atoms with Crippen LogP contribution in [0.1, 0.15) is 17.7 Å². The van der Waals surface area contributed by atoms with Gasteiger partial charge in [0.2, 0.25) is 0 Å². The lowest BCUT2D eigenvalue weighted by molar-refractivity contribution is -0.143. The van der Waals surface area contributed by atoms with Crippen LogP contribution in [0.2, 0.25) is 0 Å². The zero-order valence-electron chi connectivity index (χ0n) is 11.4. The minimum absolute atomic E-state index is 0.0554. The lowest BCUT2D eigenvalue weighted by Gasteiger charge is -2.30. The number of H-pyrrole nitrogens is 1. The highest BCUT2D eigenvalue weighted by molar-refractivity contribution is 7.14. The summed E-state index contributed by atoms with van der Waals surface area (Å²) in [6, 6.07) is 3.95. The Bertz CT molecular complexity index is 675. The summed E-state index contributed by atoms with van der Waals surface area (Å²) in [4.78, 5) is 29.8. The Morgan fingerprint density at radius 3 is 3.10 bits per heavy atom. The number of carboxylic acid groups (broad SMARTS) is 1. The highest BCUT2D eigenvalue weighted by Gasteiger charge is 2.26. The van der Waals surface area contributed by atoms with E-state index in [0.717, 1.165) is 34.8 Å². The van der Waals surface area contributed by atoms with Crippen molar-refractivity contribution in [3.05, 3.63) is 32.1 Å². The minimum Gasteiger partial charge on any atom is -0.481 e. The van der Waals surface area contributed by atoms with Crippen molar-refractivity contribution in [1.82, 2.24) is 9.88 Å². The number of carboxylic acids is 1. The van der Waals surface area contributed by atoms with E-state index in [1.54, 1.807) is 11.3 Å². The third-order valence-corrected chi connectivity index (χ3v) is 5.47. The Kier molecular flexibility index (Phi) is 4.23. The normalized spacial score (nSPS) is 19.7. The van der Waals surface area contributed by atoms with Gasteiger partial charge in [-0.15, -0.1) is 11.3 Å². The molecule has 0 aliphatic carbocycles. The number of nitrogens with zero attached hydrogens (tertiary/aromatic N) is 1. The van der Waals surface area contributed by atoms with E-state index in [2.05, 4.69) is 9.88 Å². The first-order valence-electron chi connectivity index (χ1n) is 6.84. The van der Waals surface area contributed by atoms with Crippen LogP contribution in [0.15, 0.2) is 22.3 Å². The van der Waals surface area contributed by atoms with Gasteiger partial charge in [-0.2, -0.15) is 0 Å². The van der Waals surface area contributed by atoms with Crippen LogP contribution < -0.4 is 4.87 Å². The standard InChI is InChI=1S/C14H16N2O3S2/c17-13(18)9-3-1-5-16(7-9)8-11-12(15-14(19)21-11)10-4-2-6-20-10/h2,4,6,9H,1,3,5,7-8H2,(H,15,19)(H,17,18). The van der Waals surface area contributed by atoms with Crippen LogP contribution in [-0.4, -0.2) is 34.0 Å². The summed E-state index contributed by atoms with van der Waals surface area (Å²) in [6.45, 7) is 2.09. The fourth-order valence-corrected chi connectivity index (χ4v) is 4.40. The molecule has 1 fully saturated rings. The van der Waals surface area contributed by atoms with E-state index in [1.165, 1.54) is 11.3 Å². The average Bonchev–Trinajstić information content (AvgIpc) is 3.08. The first-order chi connectivity index (χ1) is 10.1. The second-order valence-corrected chi connectivity index (χ2v) is 7.22. The Balaban J connectivity index is 1.79. The maximum Gasteiger partial charge on any atom is 0.307 e. The molecule has 3 rings (SSSR count). The van der Waals surface area contributed by atoms with E-state index in [1.807, 2.05) is 17.5 Å². The number of thiazole rings is 1. The maximum absolute atomic E-state index is 11.7.